The molecule has 0 aliphatic carbocycles. The second-order valence-electron chi connectivity index (χ2n) is 8.61. The Kier molecular flexibility index (Phi) is 6.10. The number of nitrogens with zero attached hydrogens (tertiary/aromatic N) is 1. The van der Waals surface area contributed by atoms with Crippen molar-refractivity contribution in [1.82, 2.24) is 5.06 Å². The third kappa shape index (κ3) is 4.68. The molecule has 1 fully saturated rings. The summed E-state index contributed by atoms with van der Waals surface area (Å²) in [5.41, 5.74) is 2.64. The highest BCUT2D eigenvalue weighted by molar-refractivity contribution is 14.1. The quantitative estimate of drug-likeness (QED) is 0.467. The molecule has 140 valence electrons. The van der Waals surface area contributed by atoms with Crippen molar-refractivity contribution in [3.8, 4) is 0 Å². The SMILES string of the molecule is CC1(C)CCCC(C)(C)N1OC(Cc1ccc(I)cc1)c1ccccc1. The van der Waals surface area contributed by atoms with E-state index in [0.717, 1.165) is 6.42 Å². The van der Waals surface area contributed by atoms with Crippen molar-refractivity contribution in [2.75, 3.05) is 0 Å². The third-order valence-electron chi connectivity index (χ3n) is 5.42. The number of benzene rings is 2. The predicted molar refractivity (Wildman–Crippen MR) is 117 cm³/mol. The molecule has 3 rings (SSSR count). The van der Waals surface area contributed by atoms with Crippen molar-refractivity contribution in [3.05, 3.63) is 69.3 Å². The van der Waals surface area contributed by atoms with Crippen molar-refractivity contribution < 1.29 is 4.84 Å². The van der Waals surface area contributed by atoms with Crippen LogP contribution in [0.25, 0.3) is 0 Å². The van der Waals surface area contributed by atoms with Crippen molar-refractivity contribution in [2.24, 2.45) is 0 Å². The van der Waals surface area contributed by atoms with Crippen LogP contribution in [-0.4, -0.2) is 16.1 Å². The van der Waals surface area contributed by atoms with Crippen LogP contribution in [0.3, 0.4) is 0 Å². The number of hydrogen-bond donors (Lipinski definition) is 0. The molecule has 1 aliphatic heterocycles. The van der Waals surface area contributed by atoms with E-state index in [0.29, 0.717) is 0 Å². The fraction of sp³-hybridized carbons (Fsp3) is 0.478. The van der Waals surface area contributed by atoms with Crippen LogP contribution in [-0.2, 0) is 11.3 Å². The normalized spacial score (nSPS) is 20.7. The largest absolute Gasteiger partial charge is 0.290 e. The van der Waals surface area contributed by atoms with Crippen molar-refractivity contribution in [1.29, 1.82) is 0 Å². The summed E-state index contributed by atoms with van der Waals surface area (Å²) in [7, 11) is 0. The molecule has 1 saturated heterocycles. The van der Waals surface area contributed by atoms with Crippen molar-refractivity contribution in [2.45, 2.75) is 70.6 Å². The topological polar surface area (TPSA) is 12.5 Å². The number of rotatable bonds is 5. The highest BCUT2D eigenvalue weighted by Crippen LogP contribution is 2.41. The van der Waals surface area contributed by atoms with E-state index >= 15 is 0 Å². The zero-order valence-corrected chi connectivity index (χ0v) is 18.5. The molecule has 1 aliphatic rings. The summed E-state index contributed by atoms with van der Waals surface area (Å²) in [4.78, 5) is 6.77. The van der Waals surface area contributed by atoms with E-state index in [-0.39, 0.29) is 17.2 Å². The van der Waals surface area contributed by atoms with Crippen LogP contribution >= 0.6 is 22.6 Å². The Balaban J connectivity index is 1.89. The van der Waals surface area contributed by atoms with Gasteiger partial charge in [0.25, 0.3) is 0 Å². The fourth-order valence-corrected chi connectivity index (χ4v) is 4.47. The van der Waals surface area contributed by atoms with Gasteiger partial charge in [-0.25, -0.2) is 0 Å². The van der Waals surface area contributed by atoms with Crippen LogP contribution in [0.5, 0.6) is 0 Å². The zero-order chi connectivity index (χ0) is 18.8. The molecule has 2 aromatic rings. The first-order chi connectivity index (χ1) is 12.3. The number of hydroxylamine groups is 2. The summed E-state index contributed by atoms with van der Waals surface area (Å²) < 4.78 is 1.27. The minimum atomic E-state index is 0.0212. The van der Waals surface area contributed by atoms with Crippen LogP contribution in [0.15, 0.2) is 54.6 Å². The molecule has 0 spiro atoms. The molecule has 0 bridgehead atoms. The van der Waals surface area contributed by atoms with Gasteiger partial charge in [0.05, 0.1) is 0 Å². The van der Waals surface area contributed by atoms with Crippen LogP contribution < -0.4 is 0 Å². The molecule has 1 atom stereocenters. The Hall–Kier alpha value is -0.910. The molecule has 26 heavy (non-hydrogen) atoms. The lowest BCUT2D eigenvalue weighted by atomic mass is 9.82. The first kappa shape index (κ1) is 19.8. The van der Waals surface area contributed by atoms with Crippen molar-refractivity contribution in [3.63, 3.8) is 0 Å². The molecule has 0 aromatic heterocycles. The summed E-state index contributed by atoms with van der Waals surface area (Å²) in [5, 5.41) is 2.29. The molecule has 2 nitrogen and oxygen atoms in total. The van der Waals surface area contributed by atoms with Crippen LogP contribution in [0, 0.1) is 3.57 Å². The minimum Gasteiger partial charge on any atom is -0.290 e. The van der Waals surface area contributed by atoms with Crippen LogP contribution in [0.4, 0.5) is 0 Å². The lowest BCUT2D eigenvalue weighted by Crippen LogP contribution is -2.58. The molecule has 1 unspecified atom stereocenters. The number of hydrogen-bond acceptors (Lipinski definition) is 2. The zero-order valence-electron chi connectivity index (χ0n) is 16.3. The van der Waals surface area contributed by atoms with Gasteiger partial charge >= 0.3 is 0 Å². The number of halogens is 1. The molecule has 1 heterocycles. The lowest BCUT2D eigenvalue weighted by Gasteiger charge is -2.52. The maximum Gasteiger partial charge on any atom is 0.108 e. The van der Waals surface area contributed by atoms with E-state index in [2.05, 4.69) is 110 Å². The number of piperidine rings is 1. The first-order valence-corrected chi connectivity index (χ1v) is 10.6. The smallest absolute Gasteiger partial charge is 0.108 e. The highest BCUT2D eigenvalue weighted by Gasteiger charge is 2.43. The van der Waals surface area contributed by atoms with Gasteiger partial charge in [-0.1, -0.05) is 42.5 Å². The Bertz CT molecular complexity index is 693. The minimum absolute atomic E-state index is 0.0212. The van der Waals surface area contributed by atoms with Gasteiger partial charge in [0, 0.05) is 21.1 Å². The van der Waals surface area contributed by atoms with Gasteiger partial charge in [0.15, 0.2) is 0 Å². The Morgan fingerprint density at radius 1 is 0.923 bits per heavy atom. The Labute approximate surface area is 172 Å². The van der Waals surface area contributed by atoms with Gasteiger partial charge in [-0.05, 0) is 92.8 Å². The first-order valence-electron chi connectivity index (χ1n) is 9.54. The second kappa shape index (κ2) is 7.99. The Morgan fingerprint density at radius 3 is 2.08 bits per heavy atom. The van der Waals surface area contributed by atoms with Crippen molar-refractivity contribution >= 4 is 22.6 Å². The maximum atomic E-state index is 6.77. The van der Waals surface area contributed by atoms with Gasteiger partial charge in [0.1, 0.15) is 6.10 Å². The fourth-order valence-electron chi connectivity index (χ4n) is 4.11. The second-order valence-corrected chi connectivity index (χ2v) is 9.85. The summed E-state index contributed by atoms with van der Waals surface area (Å²) in [6.45, 7) is 9.23. The summed E-state index contributed by atoms with van der Waals surface area (Å²) >= 11 is 2.36. The van der Waals surface area contributed by atoms with Gasteiger partial charge in [-0.15, -0.1) is 0 Å². The van der Waals surface area contributed by atoms with E-state index in [1.807, 2.05) is 0 Å². The highest BCUT2D eigenvalue weighted by atomic mass is 127. The Morgan fingerprint density at radius 2 is 1.50 bits per heavy atom. The van der Waals surface area contributed by atoms with Gasteiger partial charge < -0.3 is 0 Å². The molecular weight excluding hydrogens is 433 g/mol. The molecule has 0 N–H and O–H groups in total. The van der Waals surface area contributed by atoms with E-state index in [9.17, 15) is 0 Å². The van der Waals surface area contributed by atoms with Gasteiger partial charge in [0.2, 0.25) is 0 Å². The summed E-state index contributed by atoms with van der Waals surface area (Å²) in [6.07, 6.45) is 4.49. The summed E-state index contributed by atoms with van der Waals surface area (Å²) in [5.74, 6) is 0. The van der Waals surface area contributed by atoms with Gasteiger partial charge in [-0.2, -0.15) is 5.06 Å². The lowest BCUT2D eigenvalue weighted by molar-refractivity contribution is -0.307. The van der Waals surface area contributed by atoms with Crippen LogP contribution in [0.1, 0.15) is 64.2 Å². The molecule has 0 saturated carbocycles. The molecule has 0 radical (unpaired) electrons. The predicted octanol–water partition coefficient (Wildman–Crippen LogP) is 6.55. The standard InChI is InChI=1S/C23H30INO/c1-22(2)15-8-16-23(3,4)25(22)26-21(19-9-6-5-7-10-19)17-18-11-13-20(24)14-12-18/h5-7,9-14,21H,8,15-17H2,1-4H3. The van der Waals surface area contributed by atoms with Crippen LogP contribution in [0.2, 0.25) is 0 Å². The molecule has 3 heteroatoms. The average molecular weight is 463 g/mol. The van der Waals surface area contributed by atoms with E-state index in [4.69, 9.17) is 4.84 Å². The molecular formula is C23H30INO. The average Bonchev–Trinajstić information content (AvgIpc) is 2.59. The monoisotopic (exact) mass is 463 g/mol. The maximum absolute atomic E-state index is 6.77. The van der Waals surface area contributed by atoms with E-state index in [1.54, 1.807) is 0 Å². The van der Waals surface area contributed by atoms with Gasteiger partial charge in [-0.3, -0.25) is 4.84 Å². The summed E-state index contributed by atoms with van der Waals surface area (Å²) in [6, 6.07) is 19.4. The van der Waals surface area contributed by atoms with E-state index in [1.165, 1.54) is 34.0 Å². The van der Waals surface area contributed by atoms with E-state index < -0.39 is 0 Å². The molecule has 0 amide bonds. The third-order valence-corrected chi connectivity index (χ3v) is 6.13. The molecule has 2 aromatic carbocycles.